The van der Waals surface area contributed by atoms with Crippen LogP contribution in [0, 0.1) is 11.8 Å². The van der Waals surface area contributed by atoms with Gasteiger partial charge < -0.3 is 10.3 Å². The fourth-order valence-corrected chi connectivity index (χ4v) is 5.86. The van der Waals surface area contributed by atoms with Gasteiger partial charge in [-0.15, -0.1) is 0 Å². The summed E-state index contributed by atoms with van der Waals surface area (Å²) in [5.74, 6) is 1.71. The second-order valence-corrected chi connectivity index (χ2v) is 10.6. The Morgan fingerprint density at radius 2 is 1.88 bits per heavy atom. The van der Waals surface area contributed by atoms with Crippen molar-refractivity contribution in [2.45, 2.75) is 71.6 Å². The third-order valence-corrected chi connectivity index (χ3v) is 8.20. The number of pyridine rings is 1. The number of hydrogen-bond donors (Lipinski definition) is 2. The SMILES string of the molecule is CC(C)[C@H](C)N1Cc2ccc(Nc3nn([C@H]4CCCC[C@@H]4C4=NC4)c4cc[nH]c(=O)c34)cc2C1. The molecule has 2 aliphatic heterocycles. The van der Waals surface area contributed by atoms with Crippen LogP contribution in [-0.2, 0) is 13.1 Å². The lowest BCUT2D eigenvalue weighted by atomic mass is 9.83. The Bertz CT molecular complexity index is 1320. The van der Waals surface area contributed by atoms with Crippen LogP contribution in [0.3, 0.4) is 0 Å². The predicted molar refractivity (Wildman–Crippen MR) is 137 cm³/mol. The molecule has 2 aromatic heterocycles. The first-order chi connectivity index (χ1) is 16.5. The van der Waals surface area contributed by atoms with Crippen LogP contribution in [0.25, 0.3) is 10.9 Å². The zero-order valence-electron chi connectivity index (χ0n) is 20.3. The number of rotatable bonds is 6. The molecule has 0 spiro atoms. The van der Waals surface area contributed by atoms with Gasteiger partial charge in [0.15, 0.2) is 5.82 Å². The number of nitrogens with one attached hydrogen (secondary N) is 2. The van der Waals surface area contributed by atoms with Crippen molar-refractivity contribution in [2.75, 3.05) is 11.9 Å². The number of aliphatic imine (C=N–C) groups is 1. The zero-order valence-corrected chi connectivity index (χ0v) is 20.3. The number of anilines is 2. The van der Waals surface area contributed by atoms with Gasteiger partial charge in [-0.1, -0.05) is 32.8 Å². The normalized spacial score (nSPS) is 23.2. The molecule has 178 valence electrons. The van der Waals surface area contributed by atoms with E-state index in [-0.39, 0.29) is 11.6 Å². The van der Waals surface area contributed by atoms with Crippen LogP contribution in [0.2, 0.25) is 0 Å². The third-order valence-electron chi connectivity index (χ3n) is 8.20. The van der Waals surface area contributed by atoms with Crippen molar-refractivity contribution < 1.29 is 0 Å². The number of hydrogen-bond acceptors (Lipinski definition) is 5. The third kappa shape index (κ3) is 3.76. The van der Waals surface area contributed by atoms with Crippen LogP contribution in [0.4, 0.5) is 11.5 Å². The summed E-state index contributed by atoms with van der Waals surface area (Å²) in [6, 6.07) is 9.36. The molecule has 6 rings (SSSR count). The van der Waals surface area contributed by atoms with Gasteiger partial charge in [0.1, 0.15) is 5.39 Å². The second kappa shape index (κ2) is 8.38. The standard InChI is InChI=1S/C27H34N6O/c1-16(2)17(3)32-14-18-8-9-20(12-19(18)15-32)30-26-25-24(10-11-28-27(25)34)33(31-26)23-7-5-4-6-21(23)22-13-29-22/h8-12,16-17,21,23H,4-7,13-15H2,1-3H3,(H,28,34)(H,30,31)/t17-,21+,23-/m0/s1. The summed E-state index contributed by atoms with van der Waals surface area (Å²) in [6.07, 6.45) is 6.41. The van der Waals surface area contributed by atoms with E-state index in [9.17, 15) is 4.79 Å². The first kappa shape index (κ1) is 21.6. The summed E-state index contributed by atoms with van der Waals surface area (Å²) < 4.78 is 2.11. The smallest absolute Gasteiger partial charge is 0.261 e. The summed E-state index contributed by atoms with van der Waals surface area (Å²) >= 11 is 0. The van der Waals surface area contributed by atoms with Gasteiger partial charge in [-0.05, 0) is 55.0 Å². The quantitative estimate of drug-likeness (QED) is 0.544. The highest BCUT2D eigenvalue weighted by atomic mass is 16.1. The Kier molecular flexibility index (Phi) is 5.32. The van der Waals surface area contributed by atoms with Gasteiger partial charge in [0.05, 0.1) is 18.1 Å². The summed E-state index contributed by atoms with van der Waals surface area (Å²) in [6.45, 7) is 9.74. The molecule has 1 aromatic carbocycles. The molecule has 2 N–H and O–H groups in total. The van der Waals surface area contributed by atoms with Crippen LogP contribution in [0.1, 0.15) is 63.6 Å². The highest BCUT2D eigenvalue weighted by Gasteiger charge is 2.36. The first-order valence-electron chi connectivity index (χ1n) is 12.8. The number of fused-ring (bicyclic) bond motifs is 2. The molecular weight excluding hydrogens is 424 g/mol. The Morgan fingerprint density at radius 1 is 1.09 bits per heavy atom. The van der Waals surface area contributed by atoms with E-state index in [1.807, 2.05) is 6.07 Å². The molecule has 0 unspecified atom stereocenters. The van der Waals surface area contributed by atoms with Crippen molar-refractivity contribution in [2.24, 2.45) is 16.8 Å². The molecule has 0 saturated heterocycles. The van der Waals surface area contributed by atoms with E-state index in [2.05, 4.69) is 63.8 Å². The summed E-state index contributed by atoms with van der Waals surface area (Å²) in [7, 11) is 0. The maximum atomic E-state index is 12.9. The largest absolute Gasteiger partial charge is 0.338 e. The minimum absolute atomic E-state index is 0.0968. The average molecular weight is 459 g/mol. The number of benzene rings is 1. The van der Waals surface area contributed by atoms with Crippen LogP contribution in [-0.4, -0.2) is 38.0 Å². The van der Waals surface area contributed by atoms with E-state index in [1.165, 1.54) is 29.7 Å². The number of aromatic amines is 1. The fraction of sp³-hybridized carbons (Fsp3) is 0.519. The molecule has 0 radical (unpaired) electrons. The van der Waals surface area contributed by atoms with Gasteiger partial charge in [-0.3, -0.25) is 19.4 Å². The van der Waals surface area contributed by atoms with Crippen molar-refractivity contribution in [1.82, 2.24) is 19.7 Å². The fourth-order valence-electron chi connectivity index (χ4n) is 5.86. The van der Waals surface area contributed by atoms with Gasteiger partial charge in [-0.2, -0.15) is 5.10 Å². The van der Waals surface area contributed by atoms with E-state index in [0.29, 0.717) is 29.1 Å². The maximum absolute atomic E-state index is 12.9. The highest BCUT2D eigenvalue weighted by Crippen LogP contribution is 2.39. The van der Waals surface area contributed by atoms with Gasteiger partial charge in [0.25, 0.3) is 5.56 Å². The van der Waals surface area contributed by atoms with Crippen molar-refractivity contribution in [3.63, 3.8) is 0 Å². The molecular formula is C27H34N6O. The minimum Gasteiger partial charge on any atom is -0.338 e. The Labute approximate surface area is 200 Å². The molecule has 7 heteroatoms. The van der Waals surface area contributed by atoms with Crippen LogP contribution < -0.4 is 10.9 Å². The molecule has 3 aliphatic rings. The van der Waals surface area contributed by atoms with E-state index in [4.69, 9.17) is 5.10 Å². The first-order valence-corrected chi connectivity index (χ1v) is 12.8. The molecule has 1 saturated carbocycles. The van der Waals surface area contributed by atoms with Gasteiger partial charge in [-0.25, -0.2) is 0 Å². The van der Waals surface area contributed by atoms with E-state index < -0.39 is 0 Å². The summed E-state index contributed by atoms with van der Waals surface area (Å²) in [5, 5.41) is 9.15. The summed E-state index contributed by atoms with van der Waals surface area (Å²) in [4.78, 5) is 22.8. The number of nitrogens with zero attached hydrogens (tertiary/aromatic N) is 4. The lowest BCUT2D eigenvalue weighted by Gasteiger charge is -2.30. The number of aromatic nitrogens is 3. The van der Waals surface area contributed by atoms with Crippen molar-refractivity contribution in [1.29, 1.82) is 0 Å². The van der Waals surface area contributed by atoms with E-state index >= 15 is 0 Å². The van der Waals surface area contributed by atoms with Crippen LogP contribution in [0.5, 0.6) is 0 Å². The van der Waals surface area contributed by atoms with Gasteiger partial charge in [0.2, 0.25) is 0 Å². The topological polar surface area (TPSA) is 78.3 Å². The molecule has 3 atom stereocenters. The number of H-pyrrole nitrogens is 1. The Hall–Kier alpha value is -2.93. The molecule has 1 aliphatic carbocycles. The van der Waals surface area contributed by atoms with Crippen molar-refractivity contribution in [3.8, 4) is 0 Å². The van der Waals surface area contributed by atoms with Crippen molar-refractivity contribution in [3.05, 3.63) is 51.9 Å². The minimum atomic E-state index is -0.0968. The van der Waals surface area contributed by atoms with E-state index in [1.54, 1.807) is 6.20 Å². The zero-order chi connectivity index (χ0) is 23.4. The summed E-state index contributed by atoms with van der Waals surface area (Å²) in [5.41, 5.74) is 5.87. The van der Waals surface area contributed by atoms with Crippen LogP contribution in [0.15, 0.2) is 40.2 Å². The molecule has 0 amide bonds. The monoisotopic (exact) mass is 458 g/mol. The molecule has 0 bridgehead atoms. The maximum Gasteiger partial charge on any atom is 0.261 e. The predicted octanol–water partition coefficient (Wildman–Crippen LogP) is 5.01. The van der Waals surface area contributed by atoms with E-state index in [0.717, 1.165) is 43.7 Å². The van der Waals surface area contributed by atoms with Gasteiger partial charge >= 0.3 is 0 Å². The van der Waals surface area contributed by atoms with Crippen molar-refractivity contribution >= 4 is 28.1 Å². The van der Waals surface area contributed by atoms with Gasteiger partial charge in [0, 0.05) is 42.6 Å². The molecule has 4 heterocycles. The second-order valence-electron chi connectivity index (χ2n) is 10.6. The molecule has 1 fully saturated rings. The lowest BCUT2D eigenvalue weighted by molar-refractivity contribution is 0.170. The highest BCUT2D eigenvalue weighted by molar-refractivity contribution is 5.99. The Balaban J connectivity index is 1.33. The average Bonchev–Trinajstić information content (AvgIpc) is 3.49. The van der Waals surface area contributed by atoms with Crippen LogP contribution >= 0.6 is 0 Å². The molecule has 7 nitrogen and oxygen atoms in total. The molecule has 34 heavy (non-hydrogen) atoms. The lowest BCUT2D eigenvalue weighted by Crippen LogP contribution is -2.32. The Morgan fingerprint density at radius 3 is 2.68 bits per heavy atom. The molecule has 3 aromatic rings.